The summed E-state index contributed by atoms with van der Waals surface area (Å²) in [5, 5.41) is 10.5. The van der Waals surface area contributed by atoms with Crippen LogP contribution in [0.2, 0.25) is 5.02 Å². The van der Waals surface area contributed by atoms with Gasteiger partial charge in [-0.25, -0.2) is 9.37 Å². The van der Waals surface area contributed by atoms with Crippen LogP contribution in [0, 0.1) is 5.82 Å². The van der Waals surface area contributed by atoms with Crippen molar-refractivity contribution in [3.63, 3.8) is 0 Å². The van der Waals surface area contributed by atoms with Gasteiger partial charge in [0.15, 0.2) is 0 Å². The Balaban J connectivity index is 0.000000152. The van der Waals surface area contributed by atoms with Gasteiger partial charge in [-0.05, 0) is 36.4 Å². The molecular weight excluding hydrogens is 487 g/mol. The number of benzene rings is 3. The first kappa shape index (κ1) is 24.0. The standard InChI is InChI=1S/C15H10ClFN2.C14H12N4/c16-10-8-13-12(14(17)9-10)2-1-3-15(13)19-11-4-6-18-7-5-11;15-14-7-11(5-6-17-14)18-13-9-16-8-10-3-1-2-4-12(10)13/h1-9H,(H,18,19);1-9H,(H3,15,17,18). The SMILES string of the molecule is Fc1cc(Cl)cc2c(Nc3ccncc3)cccc12.Nc1cc(Nc2cncc3ccccc23)ccn1. The molecule has 0 spiro atoms. The maximum atomic E-state index is 13.8. The Hall–Kier alpha value is -4.75. The van der Waals surface area contributed by atoms with Crippen LogP contribution in [0.25, 0.3) is 21.5 Å². The van der Waals surface area contributed by atoms with Crippen molar-refractivity contribution in [1.82, 2.24) is 15.0 Å². The van der Waals surface area contributed by atoms with Crippen molar-refractivity contribution in [2.24, 2.45) is 0 Å². The van der Waals surface area contributed by atoms with Crippen LogP contribution < -0.4 is 16.4 Å². The third kappa shape index (κ3) is 5.74. The molecule has 0 radical (unpaired) electrons. The minimum absolute atomic E-state index is 0.319. The van der Waals surface area contributed by atoms with Crippen molar-refractivity contribution in [2.45, 2.75) is 0 Å². The second kappa shape index (κ2) is 10.9. The molecule has 0 amide bonds. The molecule has 37 heavy (non-hydrogen) atoms. The van der Waals surface area contributed by atoms with Gasteiger partial charge in [0.25, 0.3) is 0 Å². The molecule has 4 N–H and O–H groups in total. The lowest BCUT2D eigenvalue weighted by molar-refractivity contribution is 0.640. The molecule has 3 aromatic heterocycles. The third-order valence-electron chi connectivity index (χ3n) is 5.60. The number of rotatable bonds is 4. The van der Waals surface area contributed by atoms with Crippen LogP contribution in [-0.4, -0.2) is 15.0 Å². The molecule has 0 bridgehead atoms. The highest BCUT2D eigenvalue weighted by molar-refractivity contribution is 6.31. The van der Waals surface area contributed by atoms with E-state index in [9.17, 15) is 4.39 Å². The van der Waals surface area contributed by atoms with Crippen molar-refractivity contribution in [3.05, 3.63) is 121 Å². The van der Waals surface area contributed by atoms with Crippen molar-refractivity contribution < 1.29 is 4.39 Å². The molecule has 0 aliphatic heterocycles. The van der Waals surface area contributed by atoms with Gasteiger partial charge in [0.1, 0.15) is 11.6 Å². The highest BCUT2D eigenvalue weighted by Gasteiger charge is 2.07. The van der Waals surface area contributed by atoms with Crippen LogP contribution in [0.15, 0.2) is 110 Å². The minimum atomic E-state index is -0.319. The fourth-order valence-electron chi connectivity index (χ4n) is 3.90. The van der Waals surface area contributed by atoms with Gasteiger partial charge in [0.05, 0.1) is 11.9 Å². The molecule has 0 aliphatic rings. The Morgan fingerprint density at radius 1 is 0.676 bits per heavy atom. The van der Waals surface area contributed by atoms with E-state index >= 15 is 0 Å². The van der Waals surface area contributed by atoms with Crippen molar-refractivity contribution in [1.29, 1.82) is 0 Å². The number of hydrogen-bond acceptors (Lipinski definition) is 6. The van der Waals surface area contributed by atoms with Crippen molar-refractivity contribution in [2.75, 3.05) is 16.4 Å². The second-order valence-electron chi connectivity index (χ2n) is 8.15. The van der Waals surface area contributed by atoms with Gasteiger partial charge in [-0.1, -0.05) is 48.0 Å². The van der Waals surface area contributed by atoms with Crippen molar-refractivity contribution >= 4 is 61.7 Å². The third-order valence-corrected chi connectivity index (χ3v) is 5.82. The summed E-state index contributed by atoms with van der Waals surface area (Å²) in [5.74, 6) is 0.175. The molecule has 0 unspecified atom stereocenters. The quantitative estimate of drug-likeness (QED) is 0.226. The van der Waals surface area contributed by atoms with Gasteiger partial charge in [-0.3, -0.25) is 9.97 Å². The van der Waals surface area contributed by atoms with Gasteiger partial charge < -0.3 is 16.4 Å². The van der Waals surface area contributed by atoms with Gasteiger partial charge in [0.2, 0.25) is 0 Å². The lowest BCUT2D eigenvalue weighted by Crippen LogP contribution is -1.95. The van der Waals surface area contributed by atoms with E-state index < -0.39 is 0 Å². The molecule has 3 aromatic carbocycles. The van der Waals surface area contributed by atoms with Gasteiger partial charge in [-0.2, -0.15) is 0 Å². The molecule has 3 heterocycles. The van der Waals surface area contributed by atoms with Crippen LogP contribution >= 0.6 is 11.6 Å². The number of aromatic nitrogens is 3. The Kier molecular flexibility index (Phi) is 7.05. The normalized spacial score (nSPS) is 10.5. The predicted octanol–water partition coefficient (Wildman–Crippen LogP) is 7.73. The minimum Gasteiger partial charge on any atom is -0.384 e. The van der Waals surface area contributed by atoms with Crippen LogP contribution in [0.4, 0.5) is 33.0 Å². The average molecular weight is 509 g/mol. The number of hydrogen-bond donors (Lipinski definition) is 3. The zero-order valence-corrected chi connectivity index (χ0v) is 20.3. The number of halogens is 2. The first-order valence-electron chi connectivity index (χ1n) is 11.4. The largest absolute Gasteiger partial charge is 0.384 e. The molecule has 8 heteroatoms. The molecular formula is C29H22ClFN6. The van der Waals surface area contributed by atoms with Gasteiger partial charge in [-0.15, -0.1) is 0 Å². The summed E-state index contributed by atoms with van der Waals surface area (Å²) < 4.78 is 13.8. The van der Waals surface area contributed by atoms with Crippen LogP contribution in [0.1, 0.15) is 0 Å². The molecule has 6 aromatic rings. The molecule has 6 rings (SSSR count). The summed E-state index contributed by atoms with van der Waals surface area (Å²) in [6.45, 7) is 0. The summed E-state index contributed by atoms with van der Waals surface area (Å²) in [6.07, 6.45) is 8.72. The Labute approximate surface area is 218 Å². The maximum Gasteiger partial charge on any atom is 0.132 e. The fraction of sp³-hybridized carbons (Fsp3) is 0. The molecule has 0 aliphatic carbocycles. The lowest BCUT2D eigenvalue weighted by Gasteiger charge is -2.10. The Morgan fingerprint density at radius 3 is 2.27 bits per heavy atom. The number of pyridine rings is 3. The highest BCUT2D eigenvalue weighted by atomic mass is 35.5. The van der Waals surface area contributed by atoms with Gasteiger partial charge in [0, 0.05) is 74.5 Å². The zero-order chi connectivity index (χ0) is 25.6. The molecule has 6 nitrogen and oxygen atoms in total. The van der Waals surface area contributed by atoms with Crippen LogP contribution in [-0.2, 0) is 0 Å². The van der Waals surface area contributed by atoms with Crippen LogP contribution in [0.3, 0.4) is 0 Å². The van der Waals surface area contributed by atoms with E-state index in [-0.39, 0.29) is 5.82 Å². The van der Waals surface area contributed by atoms with Gasteiger partial charge >= 0.3 is 0 Å². The molecule has 0 atom stereocenters. The van der Waals surface area contributed by atoms with E-state index in [2.05, 4.69) is 31.7 Å². The highest BCUT2D eigenvalue weighted by Crippen LogP contribution is 2.30. The summed E-state index contributed by atoms with van der Waals surface area (Å²) in [7, 11) is 0. The van der Waals surface area contributed by atoms with E-state index in [0.717, 1.165) is 38.9 Å². The number of nitrogens with two attached hydrogens (primary N) is 1. The smallest absolute Gasteiger partial charge is 0.132 e. The van der Waals surface area contributed by atoms with Crippen molar-refractivity contribution in [3.8, 4) is 0 Å². The summed E-state index contributed by atoms with van der Waals surface area (Å²) in [6, 6.07) is 24.0. The summed E-state index contributed by atoms with van der Waals surface area (Å²) in [5.41, 5.74) is 9.22. The molecule has 0 saturated carbocycles. The molecule has 0 saturated heterocycles. The number of nitrogen functional groups attached to an aromatic ring is 1. The number of fused-ring (bicyclic) bond motifs is 2. The maximum absolute atomic E-state index is 13.8. The summed E-state index contributed by atoms with van der Waals surface area (Å²) >= 11 is 5.92. The summed E-state index contributed by atoms with van der Waals surface area (Å²) in [4.78, 5) is 12.1. The number of anilines is 5. The fourth-order valence-corrected chi connectivity index (χ4v) is 4.11. The second-order valence-corrected chi connectivity index (χ2v) is 8.59. The van der Waals surface area contributed by atoms with E-state index in [1.54, 1.807) is 43.0 Å². The zero-order valence-electron chi connectivity index (χ0n) is 19.6. The van der Waals surface area contributed by atoms with Crippen LogP contribution in [0.5, 0.6) is 0 Å². The number of nitrogens with zero attached hydrogens (tertiary/aromatic N) is 3. The average Bonchev–Trinajstić information content (AvgIpc) is 2.90. The number of nitrogens with one attached hydrogen (secondary N) is 2. The Morgan fingerprint density at radius 2 is 1.43 bits per heavy atom. The van der Waals surface area contributed by atoms with E-state index in [4.69, 9.17) is 17.3 Å². The van der Waals surface area contributed by atoms with E-state index in [0.29, 0.717) is 16.2 Å². The topological polar surface area (TPSA) is 88.8 Å². The monoisotopic (exact) mass is 508 g/mol. The first-order valence-corrected chi connectivity index (χ1v) is 11.8. The van der Waals surface area contributed by atoms with E-state index in [1.165, 1.54) is 6.07 Å². The molecule has 0 fully saturated rings. The van der Waals surface area contributed by atoms with E-state index in [1.807, 2.05) is 54.7 Å². The Bertz CT molecular complexity index is 1670. The lowest BCUT2D eigenvalue weighted by atomic mass is 10.1. The molecule has 182 valence electrons. The predicted molar refractivity (Wildman–Crippen MR) is 150 cm³/mol. The first-order chi connectivity index (χ1) is 18.1.